The summed E-state index contributed by atoms with van der Waals surface area (Å²) in [6.07, 6.45) is 1.67. The van der Waals surface area contributed by atoms with E-state index in [4.69, 9.17) is 26.8 Å². The Morgan fingerprint density at radius 2 is 1.90 bits per heavy atom. The number of carbonyl (C=O) groups is 2. The van der Waals surface area contributed by atoms with Crippen LogP contribution in [0.3, 0.4) is 0 Å². The summed E-state index contributed by atoms with van der Waals surface area (Å²) in [5.74, 6) is -0.348. The second-order valence-electron chi connectivity index (χ2n) is 6.58. The third kappa shape index (κ3) is 5.40. The molecule has 6 nitrogen and oxygen atoms in total. The molecular weight excluding hydrogens is 422 g/mol. The lowest BCUT2D eigenvalue weighted by Crippen LogP contribution is -2.33. The molecule has 0 radical (unpaired) electrons. The molecule has 1 saturated heterocycles. The fraction of sp³-hybridized carbons (Fsp3) is 0.227. The lowest BCUT2D eigenvalue weighted by atomic mass is 10.1. The minimum atomic E-state index is -1.11. The maximum atomic E-state index is 12.4. The number of carboxylic acid groups (broad SMARTS) is 1. The molecule has 0 unspecified atom stereocenters. The number of aliphatic carboxylic acids is 1. The van der Waals surface area contributed by atoms with Crippen molar-refractivity contribution in [3.05, 3.63) is 64.1 Å². The summed E-state index contributed by atoms with van der Waals surface area (Å²) in [7, 11) is 0. The van der Waals surface area contributed by atoms with Gasteiger partial charge in [0.1, 0.15) is 17.5 Å². The first-order chi connectivity index (χ1) is 14.4. The first kappa shape index (κ1) is 21.9. The van der Waals surface area contributed by atoms with Crippen molar-refractivity contribution in [3.8, 4) is 11.5 Å². The molecule has 0 atom stereocenters. The predicted molar refractivity (Wildman–Crippen MR) is 121 cm³/mol. The molecular formula is C22H21NO5S2. The minimum absolute atomic E-state index is 0.233. The van der Waals surface area contributed by atoms with Crippen molar-refractivity contribution in [2.24, 2.45) is 0 Å². The van der Waals surface area contributed by atoms with Gasteiger partial charge in [-0.2, -0.15) is 0 Å². The number of amides is 1. The van der Waals surface area contributed by atoms with Gasteiger partial charge < -0.3 is 14.6 Å². The summed E-state index contributed by atoms with van der Waals surface area (Å²) < 4.78 is 11.9. The molecule has 156 valence electrons. The maximum absolute atomic E-state index is 12.4. The van der Waals surface area contributed by atoms with E-state index in [9.17, 15) is 9.59 Å². The molecule has 0 aromatic heterocycles. The Labute approximate surface area is 184 Å². The van der Waals surface area contributed by atoms with E-state index in [1.165, 1.54) is 5.56 Å². The largest absolute Gasteiger partial charge is 0.490 e. The van der Waals surface area contributed by atoms with Gasteiger partial charge in [-0.25, -0.2) is 0 Å². The number of nitrogens with zero attached hydrogens (tertiary/aromatic N) is 1. The van der Waals surface area contributed by atoms with Crippen LogP contribution in [0, 0.1) is 6.92 Å². The highest BCUT2D eigenvalue weighted by molar-refractivity contribution is 8.26. The molecule has 8 heteroatoms. The van der Waals surface area contributed by atoms with Crippen LogP contribution in [0.1, 0.15) is 23.6 Å². The number of carboxylic acids is 1. The molecule has 1 amide bonds. The molecule has 0 bridgehead atoms. The van der Waals surface area contributed by atoms with Crippen LogP contribution >= 0.6 is 24.0 Å². The van der Waals surface area contributed by atoms with Crippen LogP contribution in [-0.4, -0.2) is 39.4 Å². The molecule has 2 aromatic rings. The molecule has 3 rings (SSSR count). The van der Waals surface area contributed by atoms with E-state index in [1.54, 1.807) is 18.2 Å². The minimum Gasteiger partial charge on any atom is -0.490 e. The molecule has 0 aliphatic carbocycles. The van der Waals surface area contributed by atoms with Gasteiger partial charge in [-0.15, -0.1) is 0 Å². The van der Waals surface area contributed by atoms with Crippen LogP contribution in [0.4, 0.5) is 0 Å². The first-order valence-electron chi connectivity index (χ1n) is 9.29. The van der Waals surface area contributed by atoms with Crippen LogP contribution in [0.2, 0.25) is 0 Å². The average molecular weight is 444 g/mol. The summed E-state index contributed by atoms with van der Waals surface area (Å²) >= 11 is 6.21. The van der Waals surface area contributed by atoms with Gasteiger partial charge in [0.2, 0.25) is 0 Å². The molecule has 2 aromatic carbocycles. The van der Waals surface area contributed by atoms with Crippen LogP contribution in [0.15, 0.2) is 47.4 Å². The van der Waals surface area contributed by atoms with Crippen molar-refractivity contribution in [2.45, 2.75) is 20.5 Å². The number of hydrogen-bond acceptors (Lipinski definition) is 6. The van der Waals surface area contributed by atoms with Gasteiger partial charge >= 0.3 is 5.97 Å². The number of rotatable bonds is 8. The highest BCUT2D eigenvalue weighted by atomic mass is 32.2. The third-order valence-corrected chi connectivity index (χ3v) is 5.63. The maximum Gasteiger partial charge on any atom is 0.323 e. The summed E-state index contributed by atoms with van der Waals surface area (Å²) in [6.45, 7) is 4.34. The Bertz CT molecular complexity index is 1000. The van der Waals surface area contributed by atoms with E-state index >= 15 is 0 Å². The van der Waals surface area contributed by atoms with Crippen molar-refractivity contribution < 1.29 is 24.2 Å². The number of benzene rings is 2. The van der Waals surface area contributed by atoms with E-state index in [1.807, 2.05) is 44.2 Å². The van der Waals surface area contributed by atoms with Gasteiger partial charge in [-0.1, -0.05) is 59.9 Å². The number of carbonyl (C=O) groups excluding carboxylic acids is 1. The van der Waals surface area contributed by atoms with Crippen molar-refractivity contribution in [1.29, 1.82) is 0 Å². The van der Waals surface area contributed by atoms with E-state index < -0.39 is 18.4 Å². The van der Waals surface area contributed by atoms with Crippen molar-refractivity contribution in [2.75, 3.05) is 13.2 Å². The topological polar surface area (TPSA) is 76.1 Å². The summed E-state index contributed by atoms with van der Waals surface area (Å²) in [5, 5.41) is 8.95. The highest BCUT2D eigenvalue weighted by Crippen LogP contribution is 2.35. The Morgan fingerprint density at radius 3 is 2.57 bits per heavy atom. The predicted octanol–water partition coefficient (Wildman–Crippen LogP) is 4.26. The summed E-state index contributed by atoms with van der Waals surface area (Å²) in [6, 6.07) is 13.5. The van der Waals surface area contributed by atoms with Gasteiger partial charge in [0.05, 0.1) is 11.5 Å². The third-order valence-electron chi connectivity index (χ3n) is 4.25. The zero-order valence-electron chi connectivity index (χ0n) is 16.6. The van der Waals surface area contributed by atoms with E-state index in [0.29, 0.717) is 29.6 Å². The zero-order valence-corrected chi connectivity index (χ0v) is 18.2. The molecule has 1 aliphatic heterocycles. The number of ether oxygens (including phenoxy) is 2. The molecule has 0 spiro atoms. The molecule has 30 heavy (non-hydrogen) atoms. The van der Waals surface area contributed by atoms with Crippen LogP contribution in [0.5, 0.6) is 11.5 Å². The number of aryl methyl sites for hydroxylation is 1. The standard InChI is InChI=1S/C22H21NO5S2/c1-3-27-18-10-16(11-19-21(26)23(12-20(24)25)22(29)30-19)8-9-17(18)28-13-15-6-4-14(2)5-7-15/h4-11H,3,12-13H2,1-2H3,(H,24,25)/b19-11-. The first-order valence-corrected chi connectivity index (χ1v) is 10.5. The lowest BCUT2D eigenvalue weighted by Gasteiger charge is -2.13. The average Bonchev–Trinajstić information content (AvgIpc) is 2.96. The van der Waals surface area contributed by atoms with Gasteiger partial charge in [-0.05, 0) is 43.2 Å². The number of thiocarbonyl (C=S) groups is 1. The quantitative estimate of drug-likeness (QED) is 0.483. The van der Waals surface area contributed by atoms with Crippen molar-refractivity contribution >= 4 is 46.3 Å². The van der Waals surface area contributed by atoms with Gasteiger partial charge in [0.15, 0.2) is 11.5 Å². The Kier molecular flexibility index (Phi) is 7.12. The van der Waals surface area contributed by atoms with E-state index in [-0.39, 0.29) is 4.32 Å². The Morgan fingerprint density at radius 1 is 1.17 bits per heavy atom. The molecule has 1 aliphatic rings. The van der Waals surface area contributed by atoms with Gasteiger partial charge in [-0.3, -0.25) is 14.5 Å². The summed E-state index contributed by atoms with van der Waals surface area (Å²) in [5.41, 5.74) is 2.97. The normalized spacial score (nSPS) is 15.0. The zero-order chi connectivity index (χ0) is 21.7. The van der Waals surface area contributed by atoms with Crippen molar-refractivity contribution in [1.82, 2.24) is 4.90 Å². The van der Waals surface area contributed by atoms with Crippen LogP contribution in [-0.2, 0) is 16.2 Å². The Hall–Kier alpha value is -2.84. The van der Waals surface area contributed by atoms with Crippen LogP contribution < -0.4 is 9.47 Å². The van der Waals surface area contributed by atoms with Gasteiger partial charge in [0, 0.05) is 0 Å². The SMILES string of the molecule is CCOc1cc(/C=C2\SC(=S)N(CC(=O)O)C2=O)ccc1OCc1ccc(C)cc1. The fourth-order valence-corrected chi connectivity index (χ4v) is 4.03. The number of hydrogen-bond donors (Lipinski definition) is 1. The van der Waals surface area contributed by atoms with Gasteiger partial charge in [0.25, 0.3) is 5.91 Å². The molecule has 1 N–H and O–H groups in total. The van der Waals surface area contributed by atoms with Crippen LogP contribution in [0.25, 0.3) is 6.08 Å². The van der Waals surface area contributed by atoms with Crippen molar-refractivity contribution in [3.63, 3.8) is 0 Å². The monoisotopic (exact) mass is 443 g/mol. The molecule has 1 fully saturated rings. The summed E-state index contributed by atoms with van der Waals surface area (Å²) in [4.78, 5) is 24.8. The smallest absolute Gasteiger partial charge is 0.323 e. The highest BCUT2D eigenvalue weighted by Gasteiger charge is 2.33. The second-order valence-corrected chi connectivity index (χ2v) is 8.25. The molecule has 0 saturated carbocycles. The van der Waals surface area contributed by atoms with E-state index in [2.05, 4.69) is 0 Å². The second kappa shape index (κ2) is 9.77. The number of thioether (sulfide) groups is 1. The Balaban J connectivity index is 1.78. The van der Waals surface area contributed by atoms with E-state index in [0.717, 1.165) is 27.8 Å². The molecule has 1 heterocycles. The lowest BCUT2D eigenvalue weighted by molar-refractivity contribution is -0.140. The fourth-order valence-electron chi connectivity index (χ4n) is 2.77.